The Morgan fingerprint density at radius 1 is 1.40 bits per heavy atom. The van der Waals surface area contributed by atoms with E-state index in [0.717, 1.165) is 11.6 Å². The Kier molecular flexibility index (Phi) is 6.11. The predicted octanol–water partition coefficient (Wildman–Crippen LogP) is 1.38. The standard InChI is InChI=1S/C14H12NO4.Y/c1-9-7-11(16)12(17)13(19-9)14(18)15-8-10-5-3-2-4-6-10;/h3-7,17H,8H2,1H3,(H,15,18);/q-1;. The van der Waals surface area contributed by atoms with Gasteiger partial charge in [0.1, 0.15) is 5.76 Å². The van der Waals surface area contributed by atoms with Crippen molar-refractivity contribution < 1.29 is 47.0 Å². The fourth-order valence-corrected chi connectivity index (χ4v) is 1.56. The Hall–Kier alpha value is -1.46. The summed E-state index contributed by atoms with van der Waals surface area (Å²) < 4.78 is 5.07. The average molecular weight is 347 g/mol. The summed E-state index contributed by atoms with van der Waals surface area (Å²) in [6.07, 6.45) is 0. The number of benzene rings is 1. The van der Waals surface area contributed by atoms with Crippen LogP contribution in [-0.2, 0) is 39.3 Å². The Morgan fingerprint density at radius 2 is 2.05 bits per heavy atom. The van der Waals surface area contributed by atoms with E-state index in [1.807, 2.05) is 0 Å². The van der Waals surface area contributed by atoms with Crippen molar-refractivity contribution in [3.63, 3.8) is 0 Å². The molecule has 1 aromatic heterocycles. The topological polar surface area (TPSA) is 79.5 Å². The molecule has 6 heteroatoms. The van der Waals surface area contributed by atoms with Gasteiger partial charge in [0.2, 0.25) is 16.9 Å². The van der Waals surface area contributed by atoms with Gasteiger partial charge in [0.15, 0.2) is 0 Å². The molecule has 1 heterocycles. The minimum absolute atomic E-state index is 0. The second-order valence-electron chi connectivity index (χ2n) is 3.99. The van der Waals surface area contributed by atoms with Crippen LogP contribution in [0, 0.1) is 13.0 Å². The van der Waals surface area contributed by atoms with Gasteiger partial charge in [-0.25, -0.2) is 0 Å². The largest absolute Gasteiger partial charge is 0.501 e. The van der Waals surface area contributed by atoms with Crippen LogP contribution in [0.15, 0.2) is 39.5 Å². The molecular formula is C14H12NO4Y-. The molecule has 20 heavy (non-hydrogen) atoms. The van der Waals surface area contributed by atoms with Gasteiger partial charge in [-0.15, -0.1) is 5.56 Å². The molecule has 2 aromatic rings. The van der Waals surface area contributed by atoms with Crippen LogP contribution in [0.1, 0.15) is 21.9 Å². The molecule has 0 atom stereocenters. The number of hydrogen-bond acceptors (Lipinski definition) is 4. The maximum Gasteiger partial charge on any atom is 0.291 e. The van der Waals surface area contributed by atoms with Crippen molar-refractivity contribution in [2.75, 3.05) is 0 Å². The van der Waals surface area contributed by atoms with Crippen molar-refractivity contribution in [3.05, 3.63) is 63.7 Å². The van der Waals surface area contributed by atoms with E-state index in [-0.39, 0.29) is 50.8 Å². The molecule has 0 aliphatic heterocycles. The smallest absolute Gasteiger partial charge is 0.291 e. The van der Waals surface area contributed by atoms with Crippen LogP contribution in [0.5, 0.6) is 5.75 Å². The van der Waals surface area contributed by atoms with Gasteiger partial charge in [0.05, 0.1) is 0 Å². The molecule has 0 fully saturated rings. The molecule has 0 bridgehead atoms. The molecule has 1 aromatic carbocycles. The molecule has 0 aliphatic carbocycles. The van der Waals surface area contributed by atoms with Crippen molar-refractivity contribution in [1.29, 1.82) is 0 Å². The van der Waals surface area contributed by atoms with Gasteiger partial charge in [-0.05, 0) is 6.92 Å². The molecule has 1 amide bonds. The summed E-state index contributed by atoms with van der Waals surface area (Å²) in [5.74, 6) is -1.41. The molecule has 0 aliphatic rings. The summed E-state index contributed by atoms with van der Waals surface area (Å²) in [6.45, 7) is 1.80. The van der Waals surface area contributed by atoms with Gasteiger partial charge in [-0.2, -0.15) is 30.3 Å². The SMILES string of the molecule is Cc1cc(=O)c(O)c(C(=O)NCc2cc[c-]cc2)o1.[Y]. The monoisotopic (exact) mass is 347 g/mol. The van der Waals surface area contributed by atoms with Crippen LogP contribution in [0.2, 0.25) is 0 Å². The third kappa shape index (κ3) is 4.02. The molecule has 0 spiro atoms. The summed E-state index contributed by atoms with van der Waals surface area (Å²) in [4.78, 5) is 23.2. The number of aryl methyl sites for hydroxylation is 1. The van der Waals surface area contributed by atoms with E-state index < -0.39 is 17.1 Å². The number of carbonyl (C=O) groups is 1. The van der Waals surface area contributed by atoms with Gasteiger partial charge in [-0.1, -0.05) is 0 Å². The Labute approximate surface area is 140 Å². The first kappa shape index (κ1) is 16.6. The van der Waals surface area contributed by atoms with Crippen molar-refractivity contribution in [1.82, 2.24) is 5.32 Å². The van der Waals surface area contributed by atoms with Gasteiger partial charge < -0.3 is 14.8 Å². The number of carbonyl (C=O) groups excluding carboxylic acids is 1. The fraction of sp³-hybridized carbons (Fsp3) is 0.143. The Morgan fingerprint density at radius 3 is 2.70 bits per heavy atom. The van der Waals surface area contributed by atoms with Gasteiger partial charge in [0.25, 0.3) is 5.91 Å². The summed E-state index contributed by atoms with van der Waals surface area (Å²) in [7, 11) is 0. The second-order valence-corrected chi connectivity index (χ2v) is 3.99. The van der Waals surface area contributed by atoms with Crippen LogP contribution in [0.4, 0.5) is 0 Å². The van der Waals surface area contributed by atoms with E-state index in [9.17, 15) is 14.7 Å². The minimum Gasteiger partial charge on any atom is -0.501 e. The van der Waals surface area contributed by atoms with Crippen LogP contribution in [-0.4, -0.2) is 11.0 Å². The maximum absolute atomic E-state index is 11.8. The molecule has 101 valence electrons. The first-order chi connectivity index (χ1) is 9.08. The van der Waals surface area contributed by atoms with E-state index in [1.165, 1.54) is 6.92 Å². The van der Waals surface area contributed by atoms with Crippen LogP contribution >= 0.6 is 0 Å². The molecular weight excluding hydrogens is 335 g/mol. The predicted molar refractivity (Wildman–Crippen MR) is 67.8 cm³/mol. The van der Waals surface area contributed by atoms with Gasteiger partial charge in [-0.3, -0.25) is 9.59 Å². The first-order valence-electron chi connectivity index (χ1n) is 5.65. The summed E-state index contributed by atoms with van der Waals surface area (Å²) >= 11 is 0. The Balaban J connectivity index is 0.00000200. The molecule has 0 unspecified atom stereocenters. The summed E-state index contributed by atoms with van der Waals surface area (Å²) in [5.41, 5.74) is 0.241. The number of aromatic hydroxyl groups is 1. The third-order valence-electron chi connectivity index (χ3n) is 2.49. The number of hydrogen-bond donors (Lipinski definition) is 2. The number of rotatable bonds is 3. The molecule has 0 saturated heterocycles. The van der Waals surface area contributed by atoms with Crippen LogP contribution < -0.4 is 10.7 Å². The van der Waals surface area contributed by atoms with Crippen molar-refractivity contribution in [2.45, 2.75) is 13.5 Å². The van der Waals surface area contributed by atoms with E-state index in [1.54, 1.807) is 24.3 Å². The van der Waals surface area contributed by atoms with Crippen LogP contribution in [0.25, 0.3) is 0 Å². The van der Waals surface area contributed by atoms with Gasteiger partial charge in [0, 0.05) is 45.3 Å². The molecule has 2 rings (SSSR count). The van der Waals surface area contributed by atoms with Crippen molar-refractivity contribution in [3.8, 4) is 5.75 Å². The average Bonchev–Trinajstić information content (AvgIpc) is 2.41. The second kappa shape index (κ2) is 7.36. The maximum atomic E-state index is 11.8. The van der Waals surface area contributed by atoms with Crippen molar-refractivity contribution >= 4 is 5.91 Å². The van der Waals surface area contributed by atoms with E-state index in [0.29, 0.717) is 0 Å². The zero-order valence-electron chi connectivity index (χ0n) is 10.8. The zero-order valence-corrected chi connectivity index (χ0v) is 13.7. The zero-order chi connectivity index (χ0) is 13.8. The van der Waals surface area contributed by atoms with Crippen molar-refractivity contribution in [2.24, 2.45) is 0 Å². The van der Waals surface area contributed by atoms with Gasteiger partial charge >= 0.3 is 0 Å². The van der Waals surface area contributed by atoms with E-state index in [2.05, 4.69) is 11.4 Å². The summed E-state index contributed by atoms with van der Waals surface area (Å²) in [5, 5.41) is 12.1. The summed E-state index contributed by atoms with van der Waals surface area (Å²) in [6, 6.07) is 11.0. The fourth-order valence-electron chi connectivity index (χ4n) is 1.56. The van der Waals surface area contributed by atoms with Crippen LogP contribution in [0.3, 0.4) is 0 Å². The number of amides is 1. The normalized spacial score (nSPS) is 9.65. The third-order valence-corrected chi connectivity index (χ3v) is 2.49. The Bertz CT molecular complexity index is 652. The minimum atomic E-state index is -0.676. The van der Waals surface area contributed by atoms with E-state index in [4.69, 9.17) is 4.42 Å². The van der Waals surface area contributed by atoms with E-state index >= 15 is 0 Å². The number of nitrogens with one attached hydrogen (secondary N) is 1. The molecule has 1 radical (unpaired) electrons. The first-order valence-corrected chi connectivity index (χ1v) is 5.65. The molecule has 5 nitrogen and oxygen atoms in total. The molecule has 0 saturated carbocycles. The molecule has 2 N–H and O–H groups in total. The quantitative estimate of drug-likeness (QED) is 0.823.